The Bertz CT molecular complexity index is 1140. The van der Waals surface area contributed by atoms with E-state index in [0.29, 0.717) is 36.8 Å². The number of carbonyl (C=O) groups excluding carboxylic acids is 1. The van der Waals surface area contributed by atoms with Crippen LogP contribution in [0.5, 0.6) is 5.88 Å². The standard InChI is InChI=1S/C25H24N4O2/c1-2-31-23-15-20(13-14-26-23)16-27-25(30)22-18-29(17-19-9-5-3-6-10-19)28-24(22)21-11-7-4-8-12-21/h3-15,18H,2,16-17H2,1H3,(H,27,30). The van der Waals surface area contributed by atoms with Crippen LogP contribution >= 0.6 is 0 Å². The highest BCUT2D eigenvalue weighted by molar-refractivity contribution is 5.99. The SMILES string of the molecule is CCOc1cc(CNC(=O)c2cn(Cc3ccccc3)nc2-c2ccccc2)ccn1. The van der Waals surface area contributed by atoms with Crippen LogP contribution in [-0.2, 0) is 13.1 Å². The van der Waals surface area contributed by atoms with E-state index < -0.39 is 0 Å². The van der Waals surface area contributed by atoms with E-state index in [-0.39, 0.29) is 5.91 Å². The monoisotopic (exact) mass is 412 g/mol. The lowest BCUT2D eigenvalue weighted by molar-refractivity contribution is 0.0951. The number of aromatic nitrogens is 3. The fraction of sp³-hybridized carbons (Fsp3) is 0.160. The number of ether oxygens (including phenoxy) is 1. The summed E-state index contributed by atoms with van der Waals surface area (Å²) in [6.45, 7) is 3.42. The van der Waals surface area contributed by atoms with Crippen LogP contribution < -0.4 is 10.1 Å². The molecule has 0 unspecified atom stereocenters. The van der Waals surface area contributed by atoms with Gasteiger partial charge in [0, 0.05) is 30.6 Å². The van der Waals surface area contributed by atoms with Crippen LogP contribution in [0.15, 0.2) is 85.2 Å². The van der Waals surface area contributed by atoms with Gasteiger partial charge in [0.15, 0.2) is 0 Å². The van der Waals surface area contributed by atoms with E-state index in [2.05, 4.69) is 10.3 Å². The molecule has 4 rings (SSSR count). The van der Waals surface area contributed by atoms with Gasteiger partial charge < -0.3 is 10.1 Å². The van der Waals surface area contributed by atoms with E-state index in [1.807, 2.05) is 90.6 Å². The van der Waals surface area contributed by atoms with Gasteiger partial charge in [0.2, 0.25) is 5.88 Å². The molecule has 0 atom stereocenters. The molecular weight excluding hydrogens is 388 g/mol. The Morgan fingerprint density at radius 1 is 1.00 bits per heavy atom. The van der Waals surface area contributed by atoms with E-state index in [1.165, 1.54) is 0 Å². The number of nitrogens with one attached hydrogen (secondary N) is 1. The van der Waals surface area contributed by atoms with Crippen LogP contribution in [0.1, 0.15) is 28.4 Å². The van der Waals surface area contributed by atoms with Crippen molar-refractivity contribution in [2.75, 3.05) is 6.61 Å². The minimum absolute atomic E-state index is 0.173. The first-order valence-corrected chi connectivity index (χ1v) is 10.3. The zero-order valence-electron chi connectivity index (χ0n) is 17.4. The molecule has 1 N–H and O–H groups in total. The van der Waals surface area contributed by atoms with Gasteiger partial charge >= 0.3 is 0 Å². The summed E-state index contributed by atoms with van der Waals surface area (Å²) in [7, 11) is 0. The number of nitrogens with zero attached hydrogens (tertiary/aromatic N) is 3. The van der Waals surface area contributed by atoms with Crippen molar-refractivity contribution >= 4 is 5.91 Å². The average Bonchev–Trinajstić information content (AvgIpc) is 3.23. The van der Waals surface area contributed by atoms with Gasteiger partial charge in [-0.1, -0.05) is 60.7 Å². The highest BCUT2D eigenvalue weighted by Gasteiger charge is 2.18. The molecular formula is C25H24N4O2. The van der Waals surface area contributed by atoms with Gasteiger partial charge in [-0.3, -0.25) is 9.48 Å². The zero-order chi connectivity index (χ0) is 21.5. The van der Waals surface area contributed by atoms with Crippen molar-refractivity contribution in [2.45, 2.75) is 20.0 Å². The molecule has 6 nitrogen and oxygen atoms in total. The summed E-state index contributed by atoms with van der Waals surface area (Å²) in [5.74, 6) is 0.378. The predicted molar refractivity (Wildman–Crippen MR) is 120 cm³/mol. The fourth-order valence-corrected chi connectivity index (χ4v) is 3.31. The maximum Gasteiger partial charge on any atom is 0.255 e. The Labute approximate surface area is 181 Å². The smallest absolute Gasteiger partial charge is 0.255 e. The second-order valence-corrected chi connectivity index (χ2v) is 7.06. The molecule has 0 spiro atoms. The van der Waals surface area contributed by atoms with Crippen LogP contribution in [0.3, 0.4) is 0 Å². The highest BCUT2D eigenvalue weighted by atomic mass is 16.5. The Morgan fingerprint density at radius 3 is 2.48 bits per heavy atom. The molecule has 0 saturated heterocycles. The Hall–Kier alpha value is -3.93. The summed E-state index contributed by atoms with van der Waals surface area (Å²) < 4.78 is 7.25. The number of hydrogen-bond donors (Lipinski definition) is 1. The topological polar surface area (TPSA) is 69.0 Å². The largest absolute Gasteiger partial charge is 0.478 e. The predicted octanol–water partition coefficient (Wildman–Crippen LogP) is 4.32. The molecule has 2 aromatic heterocycles. The maximum absolute atomic E-state index is 13.1. The molecule has 0 saturated carbocycles. The minimum Gasteiger partial charge on any atom is -0.478 e. The van der Waals surface area contributed by atoms with Gasteiger partial charge in [0.25, 0.3) is 5.91 Å². The van der Waals surface area contributed by atoms with Crippen molar-refractivity contribution in [2.24, 2.45) is 0 Å². The number of pyridine rings is 1. The van der Waals surface area contributed by atoms with Crippen LogP contribution in [0.4, 0.5) is 0 Å². The van der Waals surface area contributed by atoms with Crippen molar-refractivity contribution in [3.63, 3.8) is 0 Å². The normalized spacial score (nSPS) is 10.6. The summed E-state index contributed by atoms with van der Waals surface area (Å²) in [5.41, 5.74) is 4.16. The number of rotatable bonds is 8. The van der Waals surface area contributed by atoms with Crippen molar-refractivity contribution in [3.8, 4) is 17.1 Å². The average molecular weight is 412 g/mol. The third kappa shape index (κ3) is 5.17. The van der Waals surface area contributed by atoms with Crippen molar-refractivity contribution in [3.05, 3.63) is 102 Å². The van der Waals surface area contributed by atoms with Crippen molar-refractivity contribution < 1.29 is 9.53 Å². The number of carbonyl (C=O) groups is 1. The molecule has 0 fully saturated rings. The number of hydrogen-bond acceptors (Lipinski definition) is 4. The molecule has 0 aliphatic rings. The van der Waals surface area contributed by atoms with E-state index in [9.17, 15) is 4.79 Å². The number of benzene rings is 2. The van der Waals surface area contributed by atoms with Gasteiger partial charge in [-0.2, -0.15) is 5.10 Å². The van der Waals surface area contributed by atoms with E-state index >= 15 is 0 Å². The Morgan fingerprint density at radius 2 is 1.74 bits per heavy atom. The maximum atomic E-state index is 13.1. The van der Waals surface area contributed by atoms with Crippen molar-refractivity contribution in [1.82, 2.24) is 20.1 Å². The summed E-state index contributed by atoms with van der Waals surface area (Å²) in [6, 6.07) is 23.5. The first kappa shape index (κ1) is 20.3. The summed E-state index contributed by atoms with van der Waals surface area (Å²) in [4.78, 5) is 17.2. The van der Waals surface area contributed by atoms with Crippen LogP contribution in [0.25, 0.3) is 11.3 Å². The first-order chi connectivity index (χ1) is 15.2. The third-order valence-electron chi connectivity index (χ3n) is 4.79. The van der Waals surface area contributed by atoms with Crippen LogP contribution in [0.2, 0.25) is 0 Å². The lowest BCUT2D eigenvalue weighted by atomic mass is 10.1. The molecule has 2 aromatic carbocycles. The second kappa shape index (κ2) is 9.71. The second-order valence-electron chi connectivity index (χ2n) is 7.06. The van der Waals surface area contributed by atoms with Gasteiger partial charge in [0.1, 0.15) is 5.69 Å². The number of amides is 1. The minimum atomic E-state index is -0.173. The molecule has 0 radical (unpaired) electrons. The Kier molecular flexibility index (Phi) is 6.38. The zero-order valence-corrected chi connectivity index (χ0v) is 17.4. The molecule has 1 amide bonds. The van der Waals surface area contributed by atoms with Crippen LogP contribution in [0, 0.1) is 0 Å². The molecule has 6 heteroatoms. The van der Waals surface area contributed by atoms with E-state index in [1.54, 1.807) is 6.20 Å². The van der Waals surface area contributed by atoms with E-state index in [0.717, 1.165) is 16.7 Å². The molecule has 4 aromatic rings. The first-order valence-electron chi connectivity index (χ1n) is 10.3. The molecule has 2 heterocycles. The lowest BCUT2D eigenvalue weighted by Crippen LogP contribution is -2.23. The molecule has 0 bridgehead atoms. The van der Waals surface area contributed by atoms with Gasteiger partial charge in [0.05, 0.1) is 18.7 Å². The molecule has 0 aliphatic carbocycles. The Balaban J connectivity index is 1.56. The lowest BCUT2D eigenvalue weighted by Gasteiger charge is -2.07. The quantitative estimate of drug-likeness (QED) is 0.468. The van der Waals surface area contributed by atoms with Crippen molar-refractivity contribution in [1.29, 1.82) is 0 Å². The highest BCUT2D eigenvalue weighted by Crippen LogP contribution is 2.22. The van der Waals surface area contributed by atoms with E-state index in [4.69, 9.17) is 9.84 Å². The van der Waals surface area contributed by atoms with Crippen LogP contribution in [-0.4, -0.2) is 27.3 Å². The molecule has 156 valence electrons. The summed E-state index contributed by atoms with van der Waals surface area (Å²) >= 11 is 0. The summed E-state index contributed by atoms with van der Waals surface area (Å²) in [6.07, 6.45) is 3.49. The molecule has 31 heavy (non-hydrogen) atoms. The summed E-state index contributed by atoms with van der Waals surface area (Å²) in [5, 5.41) is 7.71. The third-order valence-corrected chi connectivity index (χ3v) is 4.79. The fourth-order valence-electron chi connectivity index (χ4n) is 3.31. The molecule has 0 aliphatic heterocycles. The van der Waals surface area contributed by atoms with Gasteiger partial charge in [-0.25, -0.2) is 4.98 Å². The van der Waals surface area contributed by atoms with Gasteiger partial charge in [-0.15, -0.1) is 0 Å². The van der Waals surface area contributed by atoms with Gasteiger partial charge in [-0.05, 0) is 24.1 Å².